The molecule has 3 rings (SSSR count). The van der Waals surface area contributed by atoms with E-state index in [0.29, 0.717) is 22.6 Å². The first-order valence-electron chi connectivity index (χ1n) is 6.09. The topological polar surface area (TPSA) is 104 Å². The summed E-state index contributed by atoms with van der Waals surface area (Å²) in [5.74, 6) is 0.970. The van der Waals surface area contributed by atoms with Crippen LogP contribution < -0.4 is 15.9 Å². The molecule has 0 spiro atoms. The van der Waals surface area contributed by atoms with Crippen molar-refractivity contribution in [1.82, 2.24) is 5.32 Å². The zero-order valence-corrected chi connectivity index (χ0v) is 11.7. The lowest BCUT2D eigenvalue weighted by Crippen LogP contribution is -2.20. The molecule has 1 aliphatic rings. The first-order valence-corrected chi connectivity index (χ1v) is 6.83. The van der Waals surface area contributed by atoms with Gasteiger partial charge in [-0.1, -0.05) is 6.07 Å². The predicted molar refractivity (Wildman–Crippen MR) is 81.7 cm³/mol. The second kappa shape index (κ2) is 5.47. The Kier molecular flexibility index (Phi) is 3.51. The van der Waals surface area contributed by atoms with E-state index in [4.69, 9.17) is 25.8 Å². The van der Waals surface area contributed by atoms with Crippen molar-refractivity contribution >= 4 is 29.4 Å². The summed E-state index contributed by atoms with van der Waals surface area (Å²) in [4.78, 5) is 5.91. The summed E-state index contributed by atoms with van der Waals surface area (Å²) in [6.45, 7) is 0. The smallest absolute Gasteiger partial charge is 0.168 e. The minimum Gasteiger partial charge on any atom is -0.399 e. The molecule has 1 aliphatic heterocycles. The number of nitrogens with one attached hydrogen (secondary N) is 3. The van der Waals surface area contributed by atoms with Crippen LogP contribution in [0.15, 0.2) is 47.4 Å². The van der Waals surface area contributed by atoms with E-state index in [9.17, 15) is 0 Å². The molecule has 21 heavy (non-hydrogen) atoms. The zero-order valence-electron chi connectivity index (χ0n) is 10.8. The SMILES string of the molecule is N=C1NC(=N)c2cc(SOOc3cccc(N)c3)ccc21. The summed E-state index contributed by atoms with van der Waals surface area (Å²) in [5.41, 5.74) is 7.62. The van der Waals surface area contributed by atoms with Crippen LogP contribution in [0.4, 0.5) is 5.69 Å². The van der Waals surface area contributed by atoms with Crippen molar-refractivity contribution in [2.45, 2.75) is 4.90 Å². The maximum Gasteiger partial charge on any atom is 0.168 e. The quantitative estimate of drug-likeness (QED) is 0.301. The lowest BCUT2D eigenvalue weighted by molar-refractivity contribution is -0.0776. The molecule has 0 saturated carbocycles. The van der Waals surface area contributed by atoms with Crippen LogP contribution in [0.5, 0.6) is 5.75 Å². The largest absolute Gasteiger partial charge is 0.399 e. The zero-order chi connectivity index (χ0) is 14.8. The number of benzene rings is 2. The van der Waals surface area contributed by atoms with E-state index in [1.165, 1.54) is 0 Å². The van der Waals surface area contributed by atoms with E-state index >= 15 is 0 Å². The number of amidine groups is 2. The van der Waals surface area contributed by atoms with Gasteiger partial charge in [0.1, 0.15) is 11.7 Å². The van der Waals surface area contributed by atoms with Gasteiger partial charge in [0.15, 0.2) is 5.75 Å². The van der Waals surface area contributed by atoms with Gasteiger partial charge in [0.05, 0.1) is 12.0 Å². The molecule has 106 valence electrons. The number of hydrogen-bond acceptors (Lipinski definition) is 6. The van der Waals surface area contributed by atoms with Gasteiger partial charge in [-0.15, -0.1) is 4.33 Å². The molecule has 1 heterocycles. The minimum atomic E-state index is 0.217. The number of rotatable bonds is 4. The van der Waals surface area contributed by atoms with Crippen molar-refractivity contribution in [3.8, 4) is 5.75 Å². The van der Waals surface area contributed by atoms with Crippen LogP contribution in [0, 0.1) is 10.8 Å². The van der Waals surface area contributed by atoms with Gasteiger partial charge < -0.3 is 15.9 Å². The fourth-order valence-electron chi connectivity index (χ4n) is 1.92. The van der Waals surface area contributed by atoms with Gasteiger partial charge in [0.2, 0.25) is 0 Å². The number of nitrogen functional groups attached to an aromatic ring is 1. The highest BCUT2D eigenvalue weighted by molar-refractivity contribution is 7.94. The normalized spacial score (nSPS) is 13.0. The van der Waals surface area contributed by atoms with Gasteiger partial charge in [-0.2, -0.15) is 0 Å². The Bertz CT molecular complexity index is 733. The average molecular weight is 300 g/mol. The summed E-state index contributed by atoms with van der Waals surface area (Å²) in [6, 6.07) is 12.3. The Hall–Kier alpha value is -2.51. The maximum absolute atomic E-state index is 7.75. The fraction of sp³-hybridized carbons (Fsp3) is 0. The Morgan fingerprint density at radius 3 is 2.62 bits per heavy atom. The molecule has 5 N–H and O–H groups in total. The van der Waals surface area contributed by atoms with Crippen molar-refractivity contribution in [3.63, 3.8) is 0 Å². The molecule has 0 radical (unpaired) electrons. The molecule has 0 atom stereocenters. The molecule has 0 aliphatic carbocycles. The third kappa shape index (κ3) is 2.83. The van der Waals surface area contributed by atoms with Crippen LogP contribution in [0.3, 0.4) is 0 Å². The van der Waals surface area contributed by atoms with Gasteiger partial charge in [0, 0.05) is 27.8 Å². The highest BCUT2D eigenvalue weighted by Crippen LogP contribution is 2.26. The highest BCUT2D eigenvalue weighted by atomic mass is 32.2. The van der Waals surface area contributed by atoms with Gasteiger partial charge in [-0.05, 0) is 30.3 Å². The summed E-state index contributed by atoms with van der Waals surface area (Å²) in [5, 5.41) is 18.1. The van der Waals surface area contributed by atoms with Crippen LogP contribution in [-0.4, -0.2) is 11.7 Å². The molecular weight excluding hydrogens is 288 g/mol. The molecule has 0 saturated heterocycles. The standard InChI is InChI=1S/C14H12N4O2S/c15-8-2-1-3-9(6-8)19-20-21-10-4-5-11-12(7-10)14(17)18-13(11)16/h1-7H,15H2,(H3,16,17,18). The van der Waals surface area contributed by atoms with Crippen LogP contribution >= 0.6 is 12.0 Å². The summed E-state index contributed by atoms with van der Waals surface area (Å²) in [7, 11) is 0. The van der Waals surface area contributed by atoms with E-state index in [0.717, 1.165) is 16.9 Å². The fourth-order valence-corrected chi connectivity index (χ4v) is 2.40. The van der Waals surface area contributed by atoms with E-state index in [-0.39, 0.29) is 11.7 Å². The Labute approximate surface area is 125 Å². The molecule has 0 amide bonds. The van der Waals surface area contributed by atoms with Crippen LogP contribution in [0.1, 0.15) is 11.1 Å². The molecule has 6 nitrogen and oxygen atoms in total. The lowest BCUT2D eigenvalue weighted by atomic mass is 10.1. The third-order valence-electron chi connectivity index (χ3n) is 2.90. The lowest BCUT2D eigenvalue weighted by Gasteiger charge is -2.05. The minimum absolute atomic E-state index is 0.217. The number of fused-ring (bicyclic) bond motifs is 1. The first kappa shape index (κ1) is 13.5. The third-order valence-corrected chi connectivity index (χ3v) is 3.48. The average Bonchev–Trinajstić information content (AvgIpc) is 2.74. The van der Waals surface area contributed by atoms with E-state index in [1.807, 2.05) is 0 Å². The number of anilines is 1. The maximum atomic E-state index is 7.75. The Morgan fingerprint density at radius 2 is 1.81 bits per heavy atom. The Balaban J connectivity index is 1.65. The van der Waals surface area contributed by atoms with Crippen molar-refractivity contribution in [1.29, 1.82) is 10.8 Å². The van der Waals surface area contributed by atoms with E-state index < -0.39 is 0 Å². The molecule has 7 heteroatoms. The highest BCUT2D eigenvalue weighted by Gasteiger charge is 2.21. The molecular formula is C14H12N4O2S. The van der Waals surface area contributed by atoms with Crippen LogP contribution in [0.2, 0.25) is 0 Å². The Morgan fingerprint density at radius 1 is 1.00 bits per heavy atom. The van der Waals surface area contributed by atoms with E-state index in [2.05, 4.69) is 5.32 Å². The monoisotopic (exact) mass is 300 g/mol. The van der Waals surface area contributed by atoms with E-state index in [1.54, 1.807) is 42.5 Å². The molecule has 0 unspecified atom stereocenters. The van der Waals surface area contributed by atoms with Gasteiger partial charge in [-0.25, -0.2) is 0 Å². The van der Waals surface area contributed by atoms with Crippen LogP contribution in [-0.2, 0) is 4.33 Å². The predicted octanol–water partition coefficient (Wildman–Crippen LogP) is 2.54. The summed E-state index contributed by atoms with van der Waals surface area (Å²) >= 11 is 1.03. The molecule has 2 aromatic rings. The van der Waals surface area contributed by atoms with Crippen LogP contribution in [0.25, 0.3) is 0 Å². The number of nitrogens with two attached hydrogens (primary N) is 1. The first-order chi connectivity index (χ1) is 10.1. The second-order valence-electron chi connectivity index (χ2n) is 4.39. The van der Waals surface area contributed by atoms with Gasteiger partial charge in [-0.3, -0.25) is 10.8 Å². The van der Waals surface area contributed by atoms with Crippen molar-refractivity contribution in [2.24, 2.45) is 0 Å². The number of hydrogen-bond donors (Lipinski definition) is 4. The van der Waals surface area contributed by atoms with Gasteiger partial charge in [0.25, 0.3) is 0 Å². The van der Waals surface area contributed by atoms with Gasteiger partial charge >= 0.3 is 0 Å². The summed E-state index contributed by atoms with van der Waals surface area (Å²) in [6.07, 6.45) is 0. The second-order valence-corrected chi connectivity index (χ2v) is 5.16. The summed E-state index contributed by atoms with van der Waals surface area (Å²) < 4.78 is 5.10. The molecule has 0 aromatic heterocycles. The van der Waals surface area contributed by atoms with Crippen molar-refractivity contribution < 1.29 is 9.22 Å². The van der Waals surface area contributed by atoms with Crippen molar-refractivity contribution in [3.05, 3.63) is 53.6 Å². The molecule has 0 bridgehead atoms. The molecule has 0 fully saturated rings. The van der Waals surface area contributed by atoms with Crippen molar-refractivity contribution in [2.75, 3.05) is 5.73 Å². The molecule has 2 aromatic carbocycles.